The molecule has 0 fully saturated rings. The minimum absolute atomic E-state index is 0.104. The number of aryl methyl sites for hydroxylation is 1. The van der Waals surface area contributed by atoms with E-state index >= 15 is 0 Å². The summed E-state index contributed by atoms with van der Waals surface area (Å²) in [7, 11) is -2.89. The predicted molar refractivity (Wildman–Crippen MR) is 208 cm³/mol. The molecular formula is C40H40IN3O6Si. The molecule has 51 heavy (non-hydrogen) atoms. The van der Waals surface area contributed by atoms with Crippen LogP contribution < -0.4 is 23.9 Å². The number of aromatic nitrogens is 2. The average molecular weight is 814 g/mol. The quantitative estimate of drug-likeness (QED) is 0.0812. The Morgan fingerprint density at radius 3 is 2.24 bits per heavy atom. The maximum atomic E-state index is 14.1. The third-order valence-electron chi connectivity index (χ3n) is 10.3. The van der Waals surface area contributed by atoms with E-state index < -0.39 is 25.9 Å². The van der Waals surface area contributed by atoms with Crippen molar-refractivity contribution in [3.63, 3.8) is 0 Å². The molecule has 7 rings (SSSR count). The number of nitrogens with one attached hydrogen (secondary N) is 1. The lowest BCUT2D eigenvalue weighted by Gasteiger charge is -2.43. The van der Waals surface area contributed by atoms with Gasteiger partial charge in [-0.3, -0.25) is 9.59 Å². The van der Waals surface area contributed by atoms with Crippen molar-refractivity contribution in [1.29, 1.82) is 0 Å². The summed E-state index contributed by atoms with van der Waals surface area (Å²) >= 11 is 1.84. The highest BCUT2D eigenvalue weighted by Gasteiger charge is 2.53. The zero-order chi connectivity index (χ0) is 36.1. The lowest BCUT2D eigenvalue weighted by Crippen LogP contribution is -2.68. The van der Waals surface area contributed by atoms with Gasteiger partial charge in [-0.15, -0.1) is 0 Å². The topological polar surface area (TPSA) is 109 Å². The van der Waals surface area contributed by atoms with Gasteiger partial charge in [0, 0.05) is 39.4 Å². The van der Waals surface area contributed by atoms with Crippen LogP contribution in [0, 0.1) is 0 Å². The number of ether oxygens (including phenoxy) is 2. The van der Waals surface area contributed by atoms with Crippen molar-refractivity contribution >= 4 is 64.4 Å². The number of carbonyl (C=O) groups excluding carboxylic acids is 2. The Kier molecular flexibility index (Phi) is 9.17. The fourth-order valence-electron chi connectivity index (χ4n) is 7.88. The van der Waals surface area contributed by atoms with Crippen molar-refractivity contribution in [3.8, 4) is 17.1 Å². The molecule has 0 saturated carbocycles. The van der Waals surface area contributed by atoms with E-state index in [0.717, 1.165) is 27.8 Å². The van der Waals surface area contributed by atoms with Crippen LogP contribution in [0.5, 0.6) is 5.75 Å². The largest absolute Gasteiger partial charge is 0.534 e. The first-order valence-electron chi connectivity index (χ1n) is 17.2. The van der Waals surface area contributed by atoms with Gasteiger partial charge < -0.3 is 18.5 Å². The Bertz CT molecular complexity index is 2200. The zero-order valence-corrected chi connectivity index (χ0v) is 32.5. The second-order valence-electron chi connectivity index (χ2n) is 14.1. The first kappa shape index (κ1) is 35.1. The number of halogens is 1. The molecule has 2 aliphatic rings. The highest BCUT2D eigenvalue weighted by atomic mass is 127. The number of carbonyl (C=O) groups is 2. The van der Waals surface area contributed by atoms with Gasteiger partial charge in [0.25, 0.3) is 5.56 Å². The van der Waals surface area contributed by atoms with Crippen molar-refractivity contribution in [3.05, 3.63) is 118 Å². The minimum atomic E-state index is -2.89. The van der Waals surface area contributed by atoms with Crippen LogP contribution in [0.3, 0.4) is 0 Å². The summed E-state index contributed by atoms with van der Waals surface area (Å²) in [4.78, 5) is 45.3. The van der Waals surface area contributed by atoms with Crippen LogP contribution in [-0.4, -0.2) is 36.4 Å². The molecule has 0 bridgehead atoms. The molecule has 0 saturated heterocycles. The highest BCUT2D eigenvalue weighted by Crippen LogP contribution is 2.43. The number of benzene rings is 3. The smallest absolute Gasteiger partial charge is 0.355 e. The van der Waals surface area contributed by atoms with Crippen LogP contribution in [0.1, 0.15) is 63.3 Å². The summed E-state index contributed by atoms with van der Waals surface area (Å²) in [5, 5.41) is 3.13. The van der Waals surface area contributed by atoms with E-state index in [9.17, 15) is 14.4 Å². The minimum Gasteiger partial charge on any atom is -0.534 e. The van der Waals surface area contributed by atoms with E-state index in [1.165, 1.54) is 10.4 Å². The van der Waals surface area contributed by atoms with Crippen LogP contribution in [0.15, 0.2) is 89.7 Å². The molecule has 0 unspecified atom stereocenters. The van der Waals surface area contributed by atoms with Gasteiger partial charge in [0.1, 0.15) is 18.9 Å². The molecule has 4 heterocycles. The van der Waals surface area contributed by atoms with Crippen LogP contribution in [0.2, 0.25) is 5.04 Å². The summed E-state index contributed by atoms with van der Waals surface area (Å²) in [6, 6.07) is 29.0. The normalized spacial score (nSPS) is 16.6. The summed E-state index contributed by atoms with van der Waals surface area (Å²) in [6.07, 6.45) is 0.814. The van der Waals surface area contributed by atoms with E-state index in [2.05, 4.69) is 85.8 Å². The summed E-state index contributed by atoms with van der Waals surface area (Å²) in [5.41, 5.74) is 2.75. The Hall–Kier alpha value is -4.33. The van der Waals surface area contributed by atoms with E-state index in [0.29, 0.717) is 35.5 Å². The van der Waals surface area contributed by atoms with E-state index in [1.54, 1.807) is 17.6 Å². The van der Waals surface area contributed by atoms with Crippen LogP contribution >= 0.6 is 22.9 Å². The number of esters is 2. The second kappa shape index (κ2) is 13.3. The predicted octanol–water partition coefficient (Wildman–Crippen LogP) is 6.07. The van der Waals surface area contributed by atoms with Gasteiger partial charge in [-0.05, 0) is 58.1 Å². The number of hydrogen-bond acceptors (Lipinski definition) is 8. The molecule has 0 aliphatic carbocycles. The van der Waals surface area contributed by atoms with Crippen LogP contribution in [-0.2, 0) is 44.2 Å². The molecule has 0 spiro atoms. The lowest BCUT2D eigenvalue weighted by atomic mass is 9.85. The molecule has 262 valence electrons. The third kappa shape index (κ3) is 5.60. The number of cyclic esters (lactones) is 1. The number of hydrogen-bond donors (Lipinski definition) is 1. The average Bonchev–Trinajstić information content (AvgIpc) is 3.49. The number of rotatable bonds is 9. The van der Waals surface area contributed by atoms with Crippen molar-refractivity contribution in [2.45, 2.75) is 71.3 Å². The first-order valence-corrected chi connectivity index (χ1v) is 20.2. The molecule has 5 aromatic rings. The standard InChI is InChI=1S/C40H40IN3O6Si/c1-6-28-29-20-25(50-51(39(3,4)5,26-14-10-8-11-15-26)27-16-12-9-13-17-27)18-19-33(29)43-36-30(28)23-44-34(36)21-32-31(37(44)46)24-48-38(47)40(32,7-2)49-35(45)22-42-41/h8-21,42H,6-7,22-24H2,1-5H3/t40-/m0/s1. The lowest BCUT2D eigenvalue weighted by molar-refractivity contribution is -0.188. The molecule has 2 aromatic heterocycles. The van der Waals surface area contributed by atoms with Gasteiger partial charge in [-0.25, -0.2) is 13.3 Å². The number of fused-ring (bicyclic) bond motifs is 5. The molecule has 1 atom stereocenters. The molecule has 3 aromatic carbocycles. The van der Waals surface area contributed by atoms with Crippen molar-refractivity contribution < 1.29 is 23.5 Å². The Morgan fingerprint density at radius 2 is 1.65 bits per heavy atom. The maximum absolute atomic E-state index is 14.1. The van der Waals surface area contributed by atoms with Gasteiger partial charge in [0.05, 0.1) is 29.0 Å². The molecule has 11 heteroatoms. The monoisotopic (exact) mass is 813 g/mol. The molecule has 0 amide bonds. The summed E-state index contributed by atoms with van der Waals surface area (Å²) in [5.74, 6) is -0.538. The molecule has 9 nitrogen and oxygen atoms in total. The molecule has 1 N–H and O–H groups in total. The third-order valence-corrected chi connectivity index (χ3v) is 15.6. The molecular weight excluding hydrogens is 773 g/mol. The second-order valence-corrected chi connectivity index (χ2v) is 19.1. The molecule has 2 aliphatic heterocycles. The Balaban J connectivity index is 1.38. The highest BCUT2D eigenvalue weighted by molar-refractivity contribution is 14.1. The van der Waals surface area contributed by atoms with Crippen molar-refractivity contribution in [2.24, 2.45) is 0 Å². The zero-order valence-electron chi connectivity index (χ0n) is 29.3. The van der Waals surface area contributed by atoms with Crippen LogP contribution in [0.4, 0.5) is 0 Å². The van der Waals surface area contributed by atoms with Crippen molar-refractivity contribution in [1.82, 2.24) is 13.1 Å². The van der Waals surface area contributed by atoms with Gasteiger partial charge in [0.15, 0.2) is 0 Å². The van der Waals surface area contributed by atoms with Gasteiger partial charge in [-0.2, -0.15) is 0 Å². The van der Waals surface area contributed by atoms with Crippen LogP contribution in [0.25, 0.3) is 22.3 Å². The van der Waals surface area contributed by atoms with E-state index in [4.69, 9.17) is 18.9 Å². The number of pyridine rings is 2. The van der Waals surface area contributed by atoms with Gasteiger partial charge in [0.2, 0.25) is 5.60 Å². The molecule has 0 radical (unpaired) electrons. The summed E-state index contributed by atoms with van der Waals surface area (Å²) in [6.45, 7) is 10.7. The Morgan fingerprint density at radius 1 is 0.980 bits per heavy atom. The SMILES string of the molecule is CCc1c2c(nc3ccc(O[Si](c4ccccc4)(c4ccccc4)C(C)(C)C)cc13)-c1cc3c(c(=O)n1C2)COC(=O)[C@@]3(CC)OC(=O)CNI. The maximum Gasteiger partial charge on any atom is 0.355 e. The fourth-order valence-corrected chi connectivity index (χ4v) is 12.6. The van der Waals surface area contributed by atoms with Gasteiger partial charge in [-0.1, -0.05) is 95.3 Å². The van der Waals surface area contributed by atoms with E-state index in [-0.39, 0.29) is 30.2 Å². The first-order chi connectivity index (χ1) is 24.5. The van der Waals surface area contributed by atoms with Crippen molar-refractivity contribution in [2.75, 3.05) is 6.54 Å². The van der Waals surface area contributed by atoms with Gasteiger partial charge >= 0.3 is 20.3 Å². The van der Waals surface area contributed by atoms with E-state index in [1.807, 2.05) is 47.1 Å². The fraction of sp³-hybridized carbons (Fsp3) is 0.300. The number of nitrogens with zero attached hydrogens (tertiary/aromatic N) is 2. The Labute approximate surface area is 312 Å². The summed E-state index contributed by atoms with van der Waals surface area (Å²) < 4.78 is 23.1.